The van der Waals surface area contributed by atoms with E-state index in [1.807, 2.05) is 4.90 Å². The van der Waals surface area contributed by atoms with E-state index >= 15 is 0 Å². The molecular formula is C12H13BrFNO2. The van der Waals surface area contributed by atoms with Gasteiger partial charge < -0.3 is 9.64 Å². The first kappa shape index (κ1) is 12.4. The Morgan fingerprint density at radius 2 is 2.41 bits per heavy atom. The molecule has 1 aromatic rings. The number of carbonyl (C=O) groups excluding carboxylic acids is 1. The lowest BCUT2D eigenvalue weighted by atomic mass is 10.2. The quantitative estimate of drug-likeness (QED) is 0.633. The first-order valence-electron chi connectivity index (χ1n) is 5.37. The molecule has 0 saturated heterocycles. The first-order valence-corrected chi connectivity index (χ1v) is 6.28. The molecule has 3 nitrogen and oxygen atoms in total. The molecule has 1 unspecified atom stereocenters. The van der Waals surface area contributed by atoms with Crippen molar-refractivity contribution >= 4 is 27.6 Å². The lowest BCUT2D eigenvalue weighted by molar-refractivity contribution is -0.139. The summed E-state index contributed by atoms with van der Waals surface area (Å²) in [6.45, 7) is 1.29. The maximum Gasteiger partial charge on any atom is 0.321 e. The van der Waals surface area contributed by atoms with Crippen molar-refractivity contribution in [2.75, 3.05) is 25.1 Å². The van der Waals surface area contributed by atoms with Crippen LogP contribution in [0.1, 0.15) is 5.56 Å². The van der Waals surface area contributed by atoms with Gasteiger partial charge in [-0.1, -0.05) is 22.0 Å². The number of esters is 1. The lowest BCUT2D eigenvalue weighted by Gasteiger charge is -2.21. The van der Waals surface area contributed by atoms with Crippen LogP contribution in [0.25, 0.3) is 0 Å². The molecule has 0 aliphatic carbocycles. The molecule has 1 aromatic carbocycles. The van der Waals surface area contributed by atoms with Gasteiger partial charge in [-0.3, -0.25) is 4.79 Å². The van der Waals surface area contributed by atoms with Gasteiger partial charge in [-0.25, -0.2) is 4.39 Å². The van der Waals surface area contributed by atoms with Crippen LogP contribution < -0.4 is 4.90 Å². The highest BCUT2D eigenvalue weighted by Crippen LogP contribution is 2.29. The Balaban J connectivity index is 2.11. The van der Waals surface area contributed by atoms with E-state index in [2.05, 4.69) is 20.7 Å². The highest BCUT2D eigenvalue weighted by Gasteiger charge is 2.25. The number of hydrogen-bond donors (Lipinski definition) is 0. The number of carbonyl (C=O) groups is 1. The third kappa shape index (κ3) is 2.60. The average Bonchev–Trinajstić information content (AvgIpc) is 2.71. The fraction of sp³-hybridized carbons (Fsp3) is 0.417. The van der Waals surface area contributed by atoms with Gasteiger partial charge in [0.05, 0.1) is 7.11 Å². The Morgan fingerprint density at radius 3 is 3.12 bits per heavy atom. The van der Waals surface area contributed by atoms with Crippen LogP contribution >= 0.6 is 15.9 Å². The van der Waals surface area contributed by atoms with Crippen molar-refractivity contribution < 1.29 is 13.9 Å². The zero-order valence-electron chi connectivity index (χ0n) is 9.45. The molecule has 0 fully saturated rings. The highest BCUT2D eigenvalue weighted by atomic mass is 79.9. The number of benzene rings is 1. The molecule has 17 heavy (non-hydrogen) atoms. The third-order valence-electron chi connectivity index (χ3n) is 2.88. The molecule has 5 heteroatoms. The minimum absolute atomic E-state index is 0.250. The predicted molar refractivity (Wildman–Crippen MR) is 67.0 cm³/mol. The Morgan fingerprint density at radius 1 is 1.65 bits per heavy atom. The maximum absolute atomic E-state index is 13.2. The summed E-state index contributed by atoms with van der Waals surface area (Å²) < 4.78 is 17.8. The van der Waals surface area contributed by atoms with Gasteiger partial charge in [-0.05, 0) is 24.1 Å². The van der Waals surface area contributed by atoms with Crippen LogP contribution in [-0.2, 0) is 16.0 Å². The maximum atomic E-state index is 13.2. The second kappa shape index (κ2) is 5.04. The van der Waals surface area contributed by atoms with E-state index in [0.29, 0.717) is 6.54 Å². The van der Waals surface area contributed by atoms with E-state index in [-0.39, 0.29) is 16.6 Å². The molecule has 0 aromatic heterocycles. The van der Waals surface area contributed by atoms with E-state index in [1.54, 1.807) is 6.07 Å². The fourth-order valence-electron chi connectivity index (χ4n) is 2.00. The molecule has 1 aliphatic rings. The van der Waals surface area contributed by atoms with Crippen molar-refractivity contribution in [2.45, 2.75) is 11.2 Å². The minimum Gasteiger partial charge on any atom is -0.468 e. The minimum atomic E-state index is -0.387. The van der Waals surface area contributed by atoms with E-state index in [9.17, 15) is 9.18 Å². The van der Waals surface area contributed by atoms with Gasteiger partial charge in [0.2, 0.25) is 0 Å². The number of ether oxygens (including phenoxy) is 1. The topological polar surface area (TPSA) is 29.5 Å². The standard InChI is InChI=1S/C12H13BrFNO2/c1-17-12(16)10(13)7-15-5-4-8-2-3-9(14)6-11(8)15/h2-3,6,10H,4-5,7H2,1H3. The van der Waals surface area contributed by atoms with Crippen molar-refractivity contribution in [3.05, 3.63) is 29.6 Å². The van der Waals surface area contributed by atoms with Gasteiger partial charge in [0.25, 0.3) is 0 Å². The number of methoxy groups -OCH3 is 1. The lowest BCUT2D eigenvalue weighted by Crippen LogP contribution is -2.33. The van der Waals surface area contributed by atoms with Crippen LogP contribution in [0.15, 0.2) is 18.2 Å². The summed E-state index contributed by atoms with van der Waals surface area (Å²) in [5.74, 6) is -0.560. The van der Waals surface area contributed by atoms with Crippen molar-refractivity contribution in [3.8, 4) is 0 Å². The average molecular weight is 302 g/mol. The molecule has 1 aliphatic heterocycles. The van der Waals surface area contributed by atoms with Crippen LogP contribution in [0.5, 0.6) is 0 Å². The van der Waals surface area contributed by atoms with Crippen molar-refractivity contribution in [2.24, 2.45) is 0 Å². The van der Waals surface area contributed by atoms with Crippen molar-refractivity contribution in [3.63, 3.8) is 0 Å². The summed E-state index contributed by atoms with van der Waals surface area (Å²) in [6.07, 6.45) is 0.885. The van der Waals surface area contributed by atoms with Gasteiger partial charge in [0.15, 0.2) is 0 Å². The predicted octanol–water partition coefficient (Wildman–Crippen LogP) is 2.12. The van der Waals surface area contributed by atoms with Crippen molar-refractivity contribution in [1.29, 1.82) is 0 Å². The number of nitrogens with zero attached hydrogens (tertiary/aromatic N) is 1. The second-order valence-electron chi connectivity index (χ2n) is 3.96. The van der Waals surface area contributed by atoms with Gasteiger partial charge in [-0.15, -0.1) is 0 Å². The Labute approximate surface area is 108 Å². The largest absolute Gasteiger partial charge is 0.468 e. The zero-order valence-corrected chi connectivity index (χ0v) is 11.0. The molecule has 0 spiro atoms. The summed E-state index contributed by atoms with van der Waals surface area (Å²) >= 11 is 3.27. The SMILES string of the molecule is COC(=O)C(Br)CN1CCc2ccc(F)cc21. The summed E-state index contributed by atoms with van der Waals surface area (Å²) in [5, 5.41) is 0. The van der Waals surface area contributed by atoms with E-state index in [0.717, 1.165) is 24.2 Å². The monoisotopic (exact) mass is 301 g/mol. The van der Waals surface area contributed by atoms with Gasteiger partial charge >= 0.3 is 5.97 Å². The van der Waals surface area contributed by atoms with Gasteiger partial charge in [0, 0.05) is 18.8 Å². The molecule has 2 rings (SSSR count). The number of halogens is 2. The smallest absolute Gasteiger partial charge is 0.321 e. The molecule has 0 N–H and O–H groups in total. The molecule has 1 atom stereocenters. The van der Waals surface area contributed by atoms with E-state index < -0.39 is 0 Å². The van der Waals surface area contributed by atoms with Crippen LogP contribution in [-0.4, -0.2) is 31.0 Å². The molecule has 1 heterocycles. The van der Waals surface area contributed by atoms with Crippen LogP contribution in [0.2, 0.25) is 0 Å². The third-order valence-corrected chi connectivity index (χ3v) is 3.54. The Hall–Kier alpha value is -1.10. The van der Waals surface area contributed by atoms with Crippen LogP contribution in [0, 0.1) is 5.82 Å². The fourth-order valence-corrected chi connectivity index (χ4v) is 2.54. The van der Waals surface area contributed by atoms with Crippen LogP contribution in [0.3, 0.4) is 0 Å². The van der Waals surface area contributed by atoms with Gasteiger partial charge in [0.1, 0.15) is 10.6 Å². The number of hydrogen-bond acceptors (Lipinski definition) is 3. The van der Waals surface area contributed by atoms with E-state index in [1.165, 1.54) is 19.2 Å². The normalized spacial score (nSPS) is 15.6. The van der Waals surface area contributed by atoms with Gasteiger partial charge in [-0.2, -0.15) is 0 Å². The van der Waals surface area contributed by atoms with Crippen molar-refractivity contribution in [1.82, 2.24) is 0 Å². The molecular weight excluding hydrogens is 289 g/mol. The second-order valence-corrected chi connectivity index (χ2v) is 5.07. The number of alkyl halides is 1. The zero-order chi connectivity index (χ0) is 12.4. The molecule has 0 amide bonds. The molecule has 0 saturated carbocycles. The first-order chi connectivity index (χ1) is 8.11. The molecule has 0 radical (unpaired) electrons. The summed E-state index contributed by atoms with van der Waals surface area (Å²) in [4.78, 5) is 12.9. The number of fused-ring (bicyclic) bond motifs is 1. The summed E-state index contributed by atoms with van der Waals surface area (Å²) in [5.41, 5.74) is 1.99. The van der Waals surface area contributed by atoms with E-state index in [4.69, 9.17) is 0 Å². The Bertz CT molecular complexity index is 439. The van der Waals surface area contributed by atoms with Crippen LogP contribution in [0.4, 0.5) is 10.1 Å². The summed E-state index contributed by atoms with van der Waals surface area (Å²) in [6, 6.07) is 4.78. The number of anilines is 1. The Kier molecular flexibility index (Phi) is 3.66. The number of rotatable bonds is 3. The highest BCUT2D eigenvalue weighted by molar-refractivity contribution is 9.10. The molecule has 92 valence electrons. The summed E-state index contributed by atoms with van der Waals surface area (Å²) in [7, 11) is 1.36. The molecule has 0 bridgehead atoms.